The summed E-state index contributed by atoms with van der Waals surface area (Å²) in [7, 11) is 0. The minimum Gasteiger partial charge on any atom is -0.481 e. The molecule has 0 aromatic heterocycles. The first-order chi connectivity index (χ1) is 9.79. The van der Waals surface area contributed by atoms with E-state index < -0.39 is 36.2 Å². The Morgan fingerprint density at radius 2 is 1.95 bits per heavy atom. The van der Waals surface area contributed by atoms with Crippen molar-refractivity contribution in [2.45, 2.75) is 25.8 Å². The van der Waals surface area contributed by atoms with Gasteiger partial charge in [-0.15, -0.1) is 0 Å². The van der Waals surface area contributed by atoms with Gasteiger partial charge in [0, 0.05) is 12.1 Å². The van der Waals surface area contributed by atoms with Gasteiger partial charge in [0.1, 0.15) is 11.9 Å². The number of anilines is 1. The third-order valence-electron chi connectivity index (χ3n) is 2.68. The number of nitrogens with one attached hydrogen (secondary N) is 2. The van der Waals surface area contributed by atoms with Gasteiger partial charge in [0.25, 0.3) is 0 Å². The van der Waals surface area contributed by atoms with E-state index >= 15 is 0 Å². The van der Waals surface area contributed by atoms with E-state index in [1.807, 2.05) is 0 Å². The first kappa shape index (κ1) is 16.4. The van der Waals surface area contributed by atoms with E-state index in [0.717, 1.165) is 6.07 Å². The molecule has 0 aliphatic carbocycles. The molecule has 1 aromatic rings. The van der Waals surface area contributed by atoms with Crippen LogP contribution in [0.5, 0.6) is 0 Å². The lowest BCUT2D eigenvalue weighted by Crippen LogP contribution is -2.43. The zero-order chi connectivity index (χ0) is 16.0. The highest BCUT2D eigenvalue weighted by molar-refractivity contribution is 5.92. The number of carbonyl (C=O) groups excluding carboxylic acids is 1. The van der Waals surface area contributed by atoms with Crippen LogP contribution in [0.1, 0.15) is 18.4 Å². The fraction of sp³-hybridized carbons (Fsp3) is 0.308. The SMILES string of the molecule is Cc1ccc(NC(=O)N[C@@H](CCC(=O)O)C(=O)O)cc1F. The van der Waals surface area contributed by atoms with Gasteiger partial charge in [-0.2, -0.15) is 0 Å². The van der Waals surface area contributed by atoms with Gasteiger partial charge >= 0.3 is 18.0 Å². The van der Waals surface area contributed by atoms with Crippen LogP contribution in [0, 0.1) is 12.7 Å². The molecule has 7 nitrogen and oxygen atoms in total. The summed E-state index contributed by atoms with van der Waals surface area (Å²) in [6, 6.07) is 1.84. The van der Waals surface area contributed by atoms with Crippen LogP contribution >= 0.6 is 0 Å². The minimum atomic E-state index is -1.35. The Labute approximate surface area is 119 Å². The molecule has 1 aromatic carbocycles. The first-order valence-electron chi connectivity index (χ1n) is 6.08. The quantitative estimate of drug-likeness (QED) is 0.636. The average Bonchev–Trinajstić information content (AvgIpc) is 2.38. The van der Waals surface area contributed by atoms with Gasteiger partial charge < -0.3 is 20.8 Å². The van der Waals surface area contributed by atoms with E-state index in [-0.39, 0.29) is 12.1 Å². The molecule has 0 spiro atoms. The number of amides is 2. The van der Waals surface area contributed by atoms with E-state index in [4.69, 9.17) is 10.2 Å². The molecule has 114 valence electrons. The number of carboxylic acids is 2. The van der Waals surface area contributed by atoms with Crippen LogP contribution in [-0.4, -0.2) is 34.2 Å². The summed E-state index contributed by atoms with van der Waals surface area (Å²) in [4.78, 5) is 32.9. The predicted molar refractivity (Wildman–Crippen MR) is 71.6 cm³/mol. The maximum absolute atomic E-state index is 13.3. The van der Waals surface area contributed by atoms with E-state index in [9.17, 15) is 18.8 Å². The monoisotopic (exact) mass is 298 g/mol. The molecule has 0 bridgehead atoms. The third kappa shape index (κ3) is 5.47. The molecule has 0 saturated carbocycles. The van der Waals surface area contributed by atoms with E-state index in [1.54, 1.807) is 6.92 Å². The molecular weight excluding hydrogens is 283 g/mol. The summed E-state index contributed by atoms with van der Waals surface area (Å²) in [6.07, 6.45) is -0.642. The summed E-state index contributed by atoms with van der Waals surface area (Å²) in [5, 5.41) is 21.8. The van der Waals surface area contributed by atoms with Gasteiger partial charge in [-0.1, -0.05) is 6.07 Å². The molecule has 0 saturated heterocycles. The maximum atomic E-state index is 13.3. The highest BCUT2D eigenvalue weighted by Crippen LogP contribution is 2.13. The molecule has 0 aliphatic heterocycles. The molecule has 4 N–H and O–H groups in total. The highest BCUT2D eigenvalue weighted by Gasteiger charge is 2.20. The largest absolute Gasteiger partial charge is 0.481 e. The van der Waals surface area contributed by atoms with Crippen LogP contribution in [0.4, 0.5) is 14.9 Å². The predicted octanol–water partition coefficient (Wildman–Crippen LogP) is 1.57. The average molecular weight is 298 g/mol. The van der Waals surface area contributed by atoms with Crippen molar-refractivity contribution in [2.75, 3.05) is 5.32 Å². The number of halogens is 1. The number of carboxylic acid groups (broad SMARTS) is 2. The molecule has 1 atom stereocenters. The van der Waals surface area contributed by atoms with Crippen molar-refractivity contribution in [3.8, 4) is 0 Å². The van der Waals surface area contributed by atoms with Crippen LogP contribution in [0.3, 0.4) is 0 Å². The molecule has 0 heterocycles. The number of urea groups is 1. The van der Waals surface area contributed by atoms with Crippen molar-refractivity contribution in [3.63, 3.8) is 0 Å². The number of aryl methyl sites for hydroxylation is 1. The second-order valence-corrected chi connectivity index (χ2v) is 4.39. The second kappa shape index (κ2) is 7.22. The summed E-state index contributed by atoms with van der Waals surface area (Å²) >= 11 is 0. The zero-order valence-corrected chi connectivity index (χ0v) is 11.2. The van der Waals surface area contributed by atoms with Crippen molar-refractivity contribution in [1.29, 1.82) is 0 Å². The fourth-order valence-electron chi connectivity index (χ4n) is 1.52. The van der Waals surface area contributed by atoms with Crippen LogP contribution < -0.4 is 10.6 Å². The zero-order valence-electron chi connectivity index (χ0n) is 11.2. The van der Waals surface area contributed by atoms with Crippen molar-refractivity contribution in [2.24, 2.45) is 0 Å². The summed E-state index contributed by atoms with van der Waals surface area (Å²) in [6.45, 7) is 1.56. The molecule has 0 fully saturated rings. The Morgan fingerprint density at radius 3 is 2.48 bits per heavy atom. The topological polar surface area (TPSA) is 116 Å². The molecule has 21 heavy (non-hydrogen) atoms. The van der Waals surface area contributed by atoms with Crippen LogP contribution in [0.15, 0.2) is 18.2 Å². The van der Waals surface area contributed by atoms with Crippen molar-refractivity contribution < 1.29 is 29.0 Å². The standard InChI is InChI=1S/C13H15FN2O5/c1-7-2-3-8(6-9(7)14)15-13(21)16-10(12(19)20)4-5-11(17)18/h2-3,6,10H,4-5H2,1H3,(H,17,18)(H,19,20)(H2,15,16,21)/t10-/m0/s1. The summed E-state index contributed by atoms with van der Waals surface area (Å²) in [5.41, 5.74) is 0.573. The van der Waals surface area contributed by atoms with Crippen LogP contribution in [0.25, 0.3) is 0 Å². The number of rotatable bonds is 6. The van der Waals surface area contributed by atoms with Crippen molar-refractivity contribution >= 4 is 23.7 Å². The van der Waals surface area contributed by atoms with Gasteiger partial charge in [0.2, 0.25) is 0 Å². The lowest BCUT2D eigenvalue weighted by Gasteiger charge is -2.14. The molecule has 2 amide bonds. The van der Waals surface area contributed by atoms with Gasteiger partial charge in [0.15, 0.2) is 0 Å². The first-order valence-corrected chi connectivity index (χ1v) is 6.08. The Balaban J connectivity index is 2.62. The molecule has 0 radical (unpaired) electrons. The fourth-order valence-corrected chi connectivity index (χ4v) is 1.52. The summed E-state index contributed by atoms with van der Waals surface area (Å²) in [5.74, 6) is -3.01. The Bertz CT molecular complexity index is 561. The smallest absolute Gasteiger partial charge is 0.326 e. The molecular formula is C13H15FN2O5. The van der Waals surface area contributed by atoms with Crippen LogP contribution in [-0.2, 0) is 9.59 Å². The third-order valence-corrected chi connectivity index (χ3v) is 2.68. The second-order valence-electron chi connectivity index (χ2n) is 4.39. The molecule has 1 rings (SSSR count). The van der Waals surface area contributed by atoms with Gasteiger partial charge in [-0.3, -0.25) is 4.79 Å². The molecule has 0 aliphatic rings. The van der Waals surface area contributed by atoms with E-state index in [2.05, 4.69) is 10.6 Å². The minimum absolute atomic E-state index is 0.165. The normalized spacial score (nSPS) is 11.5. The molecule has 0 unspecified atom stereocenters. The summed E-state index contributed by atoms with van der Waals surface area (Å²) < 4.78 is 13.3. The molecule has 8 heteroatoms. The van der Waals surface area contributed by atoms with Gasteiger partial charge in [-0.25, -0.2) is 14.0 Å². The van der Waals surface area contributed by atoms with Crippen molar-refractivity contribution in [3.05, 3.63) is 29.6 Å². The maximum Gasteiger partial charge on any atom is 0.326 e. The number of hydrogen-bond acceptors (Lipinski definition) is 3. The number of benzene rings is 1. The van der Waals surface area contributed by atoms with E-state index in [1.165, 1.54) is 12.1 Å². The van der Waals surface area contributed by atoms with Crippen LogP contribution in [0.2, 0.25) is 0 Å². The van der Waals surface area contributed by atoms with Gasteiger partial charge in [0.05, 0.1) is 0 Å². The number of aliphatic carboxylic acids is 2. The Kier molecular flexibility index (Phi) is 5.65. The number of hydrogen-bond donors (Lipinski definition) is 4. The lowest BCUT2D eigenvalue weighted by molar-refractivity contribution is -0.140. The van der Waals surface area contributed by atoms with Gasteiger partial charge in [-0.05, 0) is 31.0 Å². The van der Waals surface area contributed by atoms with Crippen molar-refractivity contribution in [1.82, 2.24) is 5.32 Å². The Morgan fingerprint density at radius 1 is 1.29 bits per heavy atom. The highest BCUT2D eigenvalue weighted by atomic mass is 19.1. The Hall–Kier alpha value is -2.64. The lowest BCUT2D eigenvalue weighted by atomic mass is 10.1. The number of carbonyl (C=O) groups is 3. The van der Waals surface area contributed by atoms with E-state index in [0.29, 0.717) is 5.56 Å².